The molecule has 0 bridgehead atoms. The molecule has 0 aliphatic carbocycles. The first kappa shape index (κ1) is 25.5. The van der Waals surface area contributed by atoms with E-state index in [2.05, 4.69) is 22.0 Å². The highest BCUT2D eigenvalue weighted by Crippen LogP contribution is 2.39. The lowest BCUT2D eigenvalue weighted by Crippen LogP contribution is -2.47. The minimum absolute atomic E-state index is 0.119. The van der Waals surface area contributed by atoms with Gasteiger partial charge in [-0.1, -0.05) is 53.5 Å². The van der Waals surface area contributed by atoms with Crippen LogP contribution >= 0.6 is 23.2 Å². The summed E-state index contributed by atoms with van der Waals surface area (Å²) in [4.78, 5) is 36.3. The number of ether oxygens (including phenoxy) is 1. The van der Waals surface area contributed by atoms with Crippen molar-refractivity contribution in [2.24, 2.45) is 0 Å². The van der Waals surface area contributed by atoms with E-state index in [1.807, 2.05) is 30.3 Å². The van der Waals surface area contributed by atoms with Crippen molar-refractivity contribution in [1.82, 2.24) is 14.8 Å². The standard InChI is InChI=1S/C28H28Cl2N4O3/c1-32(27(35)17-34-24-14-21(29)22(30)15-26(24)37-18-28(34)36)25(16-33-12-4-5-13-33)20-9-7-19(8-10-20)23-6-2-3-11-31-23/h2-3,6-11,14-15,25H,4-5,12-13,16-18H2,1H3. The number of likely N-dealkylation sites (N-methyl/N-ethyl adjacent to an activating group) is 1. The smallest absolute Gasteiger partial charge is 0.265 e. The third kappa shape index (κ3) is 5.59. The van der Waals surface area contributed by atoms with Gasteiger partial charge in [-0.25, -0.2) is 0 Å². The van der Waals surface area contributed by atoms with Crippen LogP contribution in [0.2, 0.25) is 10.0 Å². The monoisotopic (exact) mass is 538 g/mol. The quantitative estimate of drug-likeness (QED) is 0.419. The number of benzene rings is 2. The molecule has 5 rings (SSSR count). The Labute approximate surface area is 226 Å². The van der Waals surface area contributed by atoms with Crippen LogP contribution in [0.3, 0.4) is 0 Å². The second-order valence-corrected chi connectivity index (χ2v) is 10.2. The Kier molecular flexibility index (Phi) is 7.65. The number of anilines is 1. The van der Waals surface area contributed by atoms with E-state index in [9.17, 15) is 9.59 Å². The number of nitrogens with zero attached hydrogens (tertiary/aromatic N) is 4. The summed E-state index contributed by atoms with van der Waals surface area (Å²) in [6.07, 6.45) is 4.09. The fourth-order valence-corrected chi connectivity index (χ4v) is 5.17. The molecule has 192 valence electrons. The van der Waals surface area contributed by atoms with Crippen molar-refractivity contribution in [2.45, 2.75) is 18.9 Å². The van der Waals surface area contributed by atoms with E-state index in [4.69, 9.17) is 27.9 Å². The molecule has 2 aliphatic rings. The summed E-state index contributed by atoms with van der Waals surface area (Å²) >= 11 is 12.3. The molecule has 2 aromatic carbocycles. The van der Waals surface area contributed by atoms with Crippen LogP contribution in [0, 0.1) is 0 Å². The Balaban J connectivity index is 1.39. The van der Waals surface area contributed by atoms with Crippen LogP contribution in [-0.2, 0) is 9.59 Å². The lowest BCUT2D eigenvalue weighted by molar-refractivity contribution is -0.133. The lowest BCUT2D eigenvalue weighted by Gasteiger charge is -2.35. The number of amides is 2. The average Bonchev–Trinajstić information content (AvgIpc) is 3.44. The fourth-order valence-electron chi connectivity index (χ4n) is 4.86. The lowest BCUT2D eigenvalue weighted by atomic mass is 10.0. The van der Waals surface area contributed by atoms with Crippen LogP contribution in [0.15, 0.2) is 60.8 Å². The number of aromatic nitrogens is 1. The van der Waals surface area contributed by atoms with Crippen LogP contribution in [-0.4, -0.2) is 66.4 Å². The largest absolute Gasteiger partial charge is 0.482 e. The number of rotatable bonds is 7. The van der Waals surface area contributed by atoms with Gasteiger partial charge in [0.15, 0.2) is 6.61 Å². The molecule has 1 aromatic heterocycles. The normalized spacial score (nSPS) is 16.3. The van der Waals surface area contributed by atoms with E-state index in [0.717, 1.165) is 49.3 Å². The molecule has 1 atom stereocenters. The number of pyridine rings is 1. The summed E-state index contributed by atoms with van der Waals surface area (Å²) in [7, 11) is 1.80. The Morgan fingerprint density at radius 3 is 2.51 bits per heavy atom. The summed E-state index contributed by atoms with van der Waals surface area (Å²) < 4.78 is 5.53. The topological polar surface area (TPSA) is 66.0 Å². The van der Waals surface area contributed by atoms with Gasteiger partial charge in [0, 0.05) is 31.4 Å². The number of fused-ring (bicyclic) bond motifs is 1. The van der Waals surface area contributed by atoms with Gasteiger partial charge in [-0.15, -0.1) is 0 Å². The van der Waals surface area contributed by atoms with Crippen molar-refractivity contribution in [1.29, 1.82) is 0 Å². The first-order valence-corrected chi connectivity index (χ1v) is 13.1. The zero-order valence-corrected chi connectivity index (χ0v) is 22.1. The maximum Gasteiger partial charge on any atom is 0.265 e. The minimum Gasteiger partial charge on any atom is -0.482 e. The molecule has 2 aliphatic heterocycles. The third-order valence-corrected chi connectivity index (χ3v) is 7.71. The molecular formula is C28H28Cl2N4O3. The highest BCUT2D eigenvalue weighted by molar-refractivity contribution is 6.42. The number of hydrogen-bond acceptors (Lipinski definition) is 5. The molecule has 0 saturated carbocycles. The summed E-state index contributed by atoms with van der Waals surface area (Å²) in [5, 5.41) is 0.627. The summed E-state index contributed by atoms with van der Waals surface area (Å²) in [5.41, 5.74) is 3.40. The van der Waals surface area contributed by atoms with Gasteiger partial charge in [0.25, 0.3) is 5.91 Å². The number of carbonyl (C=O) groups is 2. The molecule has 9 heteroatoms. The summed E-state index contributed by atoms with van der Waals surface area (Å²) in [5.74, 6) is -0.0445. The number of halogens is 2. The number of hydrogen-bond donors (Lipinski definition) is 0. The molecule has 0 spiro atoms. The van der Waals surface area contributed by atoms with Gasteiger partial charge in [-0.3, -0.25) is 19.5 Å². The maximum absolute atomic E-state index is 13.6. The molecule has 37 heavy (non-hydrogen) atoms. The molecule has 2 amide bonds. The van der Waals surface area contributed by atoms with Gasteiger partial charge in [0.1, 0.15) is 12.3 Å². The highest BCUT2D eigenvalue weighted by Gasteiger charge is 2.32. The fraction of sp³-hybridized carbons (Fsp3) is 0.321. The highest BCUT2D eigenvalue weighted by atomic mass is 35.5. The molecule has 1 saturated heterocycles. The third-order valence-electron chi connectivity index (χ3n) is 6.99. The van der Waals surface area contributed by atoms with Crippen molar-refractivity contribution in [3.05, 3.63) is 76.4 Å². The predicted molar refractivity (Wildman–Crippen MR) is 145 cm³/mol. The molecule has 0 radical (unpaired) electrons. The van der Waals surface area contributed by atoms with Crippen molar-refractivity contribution < 1.29 is 14.3 Å². The van der Waals surface area contributed by atoms with E-state index in [1.165, 1.54) is 4.90 Å². The Hall–Kier alpha value is -3.13. The SMILES string of the molecule is CN(C(=O)CN1C(=O)COc2cc(Cl)c(Cl)cc21)C(CN1CCCC1)c1ccc(-c2ccccn2)cc1. The molecule has 1 unspecified atom stereocenters. The zero-order chi connectivity index (χ0) is 25.9. The molecule has 0 N–H and O–H groups in total. The summed E-state index contributed by atoms with van der Waals surface area (Å²) in [6.45, 7) is 2.47. The number of likely N-dealkylation sites (tertiary alicyclic amines) is 1. The predicted octanol–water partition coefficient (Wildman–Crippen LogP) is 5.08. The molecule has 1 fully saturated rings. The van der Waals surface area contributed by atoms with Crippen molar-refractivity contribution in [3.8, 4) is 17.0 Å². The van der Waals surface area contributed by atoms with Crippen molar-refractivity contribution in [3.63, 3.8) is 0 Å². The van der Waals surface area contributed by atoms with Crippen molar-refractivity contribution in [2.75, 3.05) is 44.7 Å². The minimum atomic E-state index is -0.302. The molecule has 3 heterocycles. The first-order chi connectivity index (χ1) is 17.9. The van der Waals surface area contributed by atoms with E-state index >= 15 is 0 Å². The van der Waals surface area contributed by atoms with E-state index in [1.54, 1.807) is 30.3 Å². The van der Waals surface area contributed by atoms with Gasteiger partial charge in [0.05, 0.1) is 27.5 Å². The summed E-state index contributed by atoms with van der Waals surface area (Å²) in [6, 6.07) is 17.0. The Morgan fingerprint density at radius 1 is 1.08 bits per heavy atom. The Morgan fingerprint density at radius 2 is 1.81 bits per heavy atom. The van der Waals surface area contributed by atoms with Gasteiger partial charge >= 0.3 is 0 Å². The average molecular weight is 539 g/mol. The van der Waals surface area contributed by atoms with Gasteiger partial charge in [-0.05, 0) is 49.7 Å². The van der Waals surface area contributed by atoms with Crippen LogP contribution < -0.4 is 9.64 Å². The molecule has 3 aromatic rings. The molecule has 7 nitrogen and oxygen atoms in total. The second-order valence-electron chi connectivity index (χ2n) is 9.37. The van der Waals surface area contributed by atoms with Crippen LogP contribution in [0.25, 0.3) is 11.3 Å². The van der Waals surface area contributed by atoms with Crippen LogP contribution in [0.4, 0.5) is 5.69 Å². The first-order valence-electron chi connectivity index (χ1n) is 12.3. The van der Waals surface area contributed by atoms with E-state index in [0.29, 0.717) is 21.5 Å². The van der Waals surface area contributed by atoms with Crippen LogP contribution in [0.5, 0.6) is 5.75 Å². The van der Waals surface area contributed by atoms with Crippen LogP contribution in [0.1, 0.15) is 24.4 Å². The van der Waals surface area contributed by atoms with E-state index < -0.39 is 0 Å². The second kappa shape index (κ2) is 11.1. The maximum atomic E-state index is 13.6. The van der Waals surface area contributed by atoms with Gasteiger partial charge < -0.3 is 14.5 Å². The van der Waals surface area contributed by atoms with Gasteiger partial charge in [-0.2, -0.15) is 0 Å². The molecular weight excluding hydrogens is 511 g/mol. The van der Waals surface area contributed by atoms with Crippen molar-refractivity contribution >= 4 is 40.7 Å². The number of carbonyl (C=O) groups excluding carboxylic acids is 2. The zero-order valence-electron chi connectivity index (χ0n) is 20.6. The Bertz CT molecular complexity index is 1280. The van der Waals surface area contributed by atoms with E-state index in [-0.39, 0.29) is 31.0 Å². The van der Waals surface area contributed by atoms with Gasteiger partial charge in [0.2, 0.25) is 5.91 Å².